The van der Waals surface area contributed by atoms with E-state index in [4.69, 9.17) is 0 Å². The minimum atomic E-state index is -0.0331. The van der Waals surface area contributed by atoms with Crippen molar-refractivity contribution < 1.29 is 4.79 Å². The molecular formula is C19H18N4O. The van der Waals surface area contributed by atoms with Gasteiger partial charge in [-0.3, -0.25) is 9.36 Å². The van der Waals surface area contributed by atoms with Gasteiger partial charge in [0.1, 0.15) is 12.7 Å². The predicted octanol–water partition coefficient (Wildman–Crippen LogP) is 2.55. The van der Waals surface area contributed by atoms with E-state index in [2.05, 4.69) is 39.8 Å². The molecule has 120 valence electrons. The van der Waals surface area contributed by atoms with Crippen LogP contribution < -0.4 is 5.32 Å². The minimum Gasteiger partial charge on any atom is -0.349 e. The van der Waals surface area contributed by atoms with Crippen molar-refractivity contribution in [3.05, 3.63) is 77.9 Å². The lowest BCUT2D eigenvalue weighted by Gasteiger charge is -2.25. The van der Waals surface area contributed by atoms with Crippen LogP contribution >= 0.6 is 0 Å². The zero-order valence-corrected chi connectivity index (χ0v) is 13.2. The highest BCUT2D eigenvalue weighted by Crippen LogP contribution is 2.21. The maximum absolute atomic E-state index is 12.6. The van der Waals surface area contributed by atoms with Gasteiger partial charge in [0.05, 0.1) is 0 Å². The van der Waals surface area contributed by atoms with E-state index in [9.17, 15) is 4.79 Å². The number of nitrogens with one attached hydrogen (secondary N) is 1. The number of fused-ring (bicyclic) bond motifs is 1. The number of amides is 1. The molecule has 1 N–H and O–H groups in total. The molecule has 1 amide bonds. The lowest BCUT2D eigenvalue weighted by Crippen LogP contribution is -2.38. The quantitative estimate of drug-likeness (QED) is 0.807. The van der Waals surface area contributed by atoms with Crippen LogP contribution in [-0.4, -0.2) is 26.7 Å². The molecule has 0 saturated carbocycles. The van der Waals surface area contributed by atoms with Crippen molar-refractivity contribution in [3.63, 3.8) is 0 Å². The number of hydrogen-bond donors (Lipinski definition) is 1. The van der Waals surface area contributed by atoms with E-state index in [1.165, 1.54) is 11.1 Å². The van der Waals surface area contributed by atoms with E-state index in [0.29, 0.717) is 5.56 Å². The predicted molar refractivity (Wildman–Crippen MR) is 91.1 cm³/mol. The van der Waals surface area contributed by atoms with Crippen LogP contribution in [0.2, 0.25) is 0 Å². The Balaban J connectivity index is 1.48. The number of nitrogens with zero attached hydrogens (tertiary/aromatic N) is 3. The van der Waals surface area contributed by atoms with Gasteiger partial charge in [0.15, 0.2) is 0 Å². The summed E-state index contributed by atoms with van der Waals surface area (Å²) in [4.78, 5) is 12.6. The van der Waals surface area contributed by atoms with E-state index < -0.39 is 0 Å². The maximum Gasteiger partial charge on any atom is 0.251 e. The number of hydrogen-bond acceptors (Lipinski definition) is 3. The second kappa shape index (κ2) is 6.28. The number of aromatic nitrogens is 3. The maximum atomic E-state index is 12.6. The third-order valence-corrected chi connectivity index (χ3v) is 4.51. The minimum absolute atomic E-state index is 0.0331. The van der Waals surface area contributed by atoms with Crippen LogP contribution in [0.3, 0.4) is 0 Å². The van der Waals surface area contributed by atoms with Crippen molar-refractivity contribution in [2.45, 2.75) is 25.3 Å². The van der Waals surface area contributed by atoms with E-state index in [1.807, 2.05) is 24.3 Å². The van der Waals surface area contributed by atoms with Gasteiger partial charge in [0, 0.05) is 17.3 Å². The third-order valence-electron chi connectivity index (χ3n) is 4.51. The lowest BCUT2D eigenvalue weighted by atomic mass is 9.88. The number of rotatable bonds is 3. The number of aryl methyl sites for hydroxylation is 1. The number of benzene rings is 2. The first kappa shape index (κ1) is 14.6. The molecule has 0 fully saturated rings. The van der Waals surface area contributed by atoms with Crippen molar-refractivity contribution in [2.75, 3.05) is 0 Å². The van der Waals surface area contributed by atoms with Crippen LogP contribution in [0.4, 0.5) is 0 Å². The Labute approximate surface area is 140 Å². The summed E-state index contributed by atoms with van der Waals surface area (Å²) in [6, 6.07) is 16.1. The Morgan fingerprint density at radius 2 is 1.83 bits per heavy atom. The van der Waals surface area contributed by atoms with Crippen molar-refractivity contribution in [3.8, 4) is 5.69 Å². The second-order valence-corrected chi connectivity index (χ2v) is 6.10. The molecule has 1 unspecified atom stereocenters. The molecule has 0 saturated heterocycles. The van der Waals surface area contributed by atoms with Crippen molar-refractivity contribution in [2.24, 2.45) is 0 Å². The molecule has 1 aromatic heterocycles. The van der Waals surface area contributed by atoms with E-state index in [-0.39, 0.29) is 11.9 Å². The SMILES string of the molecule is O=C(NC1CCc2ccccc2C1)c1cccc(-n2cnnc2)c1. The normalized spacial score (nSPS) is 16.4. The van der Waals surface area contributed by atoms with Gasteiger partial charge >= 0.3 is 0 Å². The van der Waals surface area contributed by atoms with Crippen LogP contribution in [0.25, 0.3) is 5.69 Å². The van der Waals surface area contributed by atoms with Gasteiger partial charge in [-0.05, 0) is 48.6 Å². The highest BCUT2D eigenvalue weighted by atomic mass is 16.1. The Kier molecular flexibility index (Phi) is 3.83. The molecule has 5 nitrogen and oxygen atoms in total. The van der Waals surface area contributed by atoms with Gasteiger partial charge in [-0.2, -0.15) is 0 Å². The summed E-state index contributed by atoms with van der Waals surface area (Å²) >= 11 is 0. The molecule has 1 aliphatic rings. The summed E-state index contributed by atoms with van der Waals surface area (Å²) in [6.07, 6.45) is 6.13. The van der Waals surface area contributed by atoms with Crippen LogP contribution in [0, 0.1) is 0 Å². The average molecular weight is 318 g/mol. The second-order valence-electron chi connectivity index (χ2n) is 6.10. The van der Waals surface area contributed by atoms with Crippen molar-refractivity contribution >= 4 is 5.91 Å². The van der Waals surface area contributed by atoms with Crippen LogP contribution in [0.1, 0.15) is 27.9 Å². The summed E-state index contributed by atoms with van der Waals surface area (Å²) in [5.74, 6) is -0.0331. The van der Waals surface area contributed by atoms with Gasteiger partial charge in [-0.15, -0.1) is 10.2 Å². The van der Waals surface area contributed by atoms with Gasteiger partial charge in [-0.25, -0.2) is 0 Å². The molecule has 1 heterocycles. The molecule has 0 aliphatic heterocycles. The van der Waals surface area contributed by atoms with Crippen molar-refractivity contribution in [1.82, 2.24) is 20.1 Å². The number of carbonyl (C=O) groups is 1. The largest absolute Gasteiger partial charge is 0.349 e. The fourth-order valence-corrected chi connectivity index (χ4v) is 3.23. The Hall–Kier alpha value is -2.95. The topological polar surface area (TPSA) is 59.8 Å². The zero-order chi connectivity index (χ0) is 16.4. The highest BCUT2D eigenvalue weighted by Gasteiger charge is 2.20. The molecule has 0 spiro atoms. The molecule has 1 atom stereocenters. The number of carbonyl (C=O) groups excluding carboxylic acids is 1. The molecular weight excluding hydrogens is 300 g/mol. The van der Waals surface area contributed by atoms with E-state index >= 15 is 0 Å². The molecule has 4 rings (SSSR count). The van der Waals surface area contributed by atoms with Crippen molar-refractivity contribution in [1.29, 1.82) is 0 Å². The summed E-state index contributed by atoms with van der Waals surface area (Å²) < 4.78 is 1.79. The molecule has 0 radical (unpaired) electrons. The van der Waals surface area contributed by atoms with Gasteiger partial charge in [0.25, 0.3) is 5.91 Å². The first-order chi connectivity index (χ1) is 11.8. The molecule has 1 aliphatic carbocycles. The summed E-state index contributed by atoms with van der Waals surface area (Å²) in [7, 11) is 0. The van der Waals surface area contributed by atoms with E-state index in [1.54, 1.807) is 17.2 Å². The van der Waals surface area contributed by atoms with Crippen LogP contribution in [0.15, 0.2) is 61.2 Å². The summed E-state index contributed by atoms with van der Waals surface area (Å²) in [5, 5.41) is 10.8. The first-order valence-corrected chi connectivity index (χ1v) is 8.12. The lowest BCUT2D eigenvalue weighted by molar-refractivity contribution is 0.0933. The van der Waals surface area contributed by atoms with Gasteiger partial charge < -0.3 is 5.32 Å². The molecule has 3 aromatic rings. The monoisotopic (exact) mass is 318 g/mol. The molecule has 0 bridgehead atoms. The molecule has 2 aromatic carbocycles. The Bertz CT molecular complexity index is 857. The van der Waals surface area contributed by atoms with Gasteiger partial charge in [-0.1, -0.05) is 30.3 Å². The first-order valence-electron chi connectivity index (χ1n) is 8.12. The fraction of sp³-hybridized carbons (Fsp3) is 0.211. The smallest absolute Gasteiger partial charge is 0.251 e. The highest BCUT2D eigenvalue weighted by molar-refractivity contribution is 5.95. The van der Waals surface area contributed by atoms with Gasteiger partial charge in [0.2, 0.25) is 0 Å². The average Bonchev–Trinajstić information content (AvgIpc) is 3.16. The standard InChI is InChI=1S/C19H18N4O/c24-19(16-6-3-7-18(11-16)23-12-20-21-13-23)22-17-9-8-14-4-1-2-5-15(14)10-17/h1-7,11-13,17H,8-10H2,(H,22,24). The molecule has 24 heavy (non-hydrogen) atoms. The fourth-order valence-electron chi connectivity index (χ4n) is 3.23. The van der Waals surface area contributed by atoms with Crippen LogP contribution in [0.5, 0.6) is 0 Å². The molecule has 5 heteroatoms. The Morgan fingerprint density at radius 3 is 2.67 bits per heavy atom. The third kappa shape index (κ3) is 2.93. The zero-order valence-electron chi connectivity index (χ0n) is 13.2. The van der Waals surface area contributed by atoms with Crippen LogP contribution in [-0.2, 0) is 12.8 Å². The summed E-state index contributed by atoms with van der Waals surface area (Å²) in [6.45, 7) is 0. The summed E-state index contributed by atoms with van der Waals surface area (Å²) in [5.41, 5.74) is 4.27. The van der Waals surface area contributed by atoms with E-state index in [0.717, 1.165) is 24.9 Å². The Morgan fingerprint density at radius 1 is 1.04 bits per heavy atom.